The van der Waals surface area contributed by atoms with Crippen molar-refractivity contribution in [2.45, 2.75) is 25.3 Å². The SMILES string of the molecule is O=C(c1cnc(N2CCc3[nH]cnc3[C@@H]2c2cc3ccccn3n2)nc1)N1CCCC1. The summed E-state index contributed by atoms with van der Waals surface area (Å²) in [7, 11) is 0. The molecule has 0 unspecified atom stereocenters. The summed E-state index contributed by atoms with van der Waals surface area (Å²) in [5, 5.41) is 4.79. The molecule has 0 spiro atoms. The average Bonchev–Trinajstić information content (AvgIpc) is 3.58. The molecule has 2 aliphatic rings. The standard InChI is InChI=1S/C22H22N8O/c31-21(28-7-3-4-8-28)15-12-23-22(24-13-15)29-10-6-17-19(26-14-25-17)20(29)18-11-16-5-1-2-9-30(16)27-18/h1-2,5,9,11-14,20H,3-4,6-8,10H2,(H,25,26)/t20-/m0/s1. The Morgan fingerprint density at radius 3 is 2.71 bits per heavy atom. The molecule has 1 saturated heterocycles. The number of amides is 1. The molecule has 0 aromatic carbocycles. The van der Waals surface area contributed by atoms with Crippen LogP contribution in [-0.4, -0.2) is 60.0 Å². The minimum Gasteiger partial charge on any atom is -0.348 e. The van der Waals surface area contributed by atoms with E-state index in [2.05, 4.69) is 30.9 Å². The minimum atomic E-state index is -0.199. The Bertz CT molecular complexity index is 1200. The predicted molar refractivity (Wildman–Crippen MR) is 114 cm³/mol. The lowest BCUT2D eigenvalue weighted by molar-refractivity contribution is 0.0792. The minimum absolute atomic E-state index is 0.00850. The maximum absolute atomic E-state index is 12.7. The highest BCUT2D eigenvalue weighted by atomic mass is 16.2. The van der Waals surface area contributed by atoms with E-state index in [-0.39, 0.29) is 11.9 Å². The lowest BCUT2D eigenvalue weighted by Gasteiger charge is -2.33. The number of carbonyl (C=O) groups excluding carboxylic acids is 1. The second-order valence-electron chi connectivity index (χ2n) is 8.02. The van der Waals surface area contributed by atoms with Gasteiger partial charge in [0.25, 0.3) is 5.91 Å². The highest BCUT2D eigenvalue weighted by Gasteiger charge is 2.34. The van der Waals surface area contributed by atoms with Crippen LogP contribution in [0.4, 0.5) is 5.95 Å². The third-order valence-electron chi connectivity index (χ3n) is 6.13. The number of imidazole rings is 1. The Labute approximate surface area is 178 Å². The van der Waals surface area contributed by atoms with Crippen LogP contribution in [0.2, 0.25) is 0 Å². The van der Waals surface area contributed by atoms with E-state index >= 15 is 0 Å². The molecular weight excluding hydrogens is 392 g/mol. The van der Waals surface area contributed by atoms with Crippen molar-refractivity contribution in [3.05, 3.63) is 71.8 Å². The zero-order valence-electron chi connectivity index (χ0n) is 17.0. The fourth-order valence-corrected chi connectivity index (χ4v) is 4.57. The number of hydrogen-bond donors (Lipinski definition) is 1. The summed E-state index contributed by atoms with van der Waals surface area (Å²) < 4.78 is 1.87. The fraction of sp³-hybridized carbons (Fsp3) is 0.318. The number of pyridine rings is 1. The van der Waals surface area contributed by atoms with E-state index in [4.69, 9.17) is 5.10 Å². The third kappa shape index (κ3) is 3.04. The number of hydrogen-bond acceptors (Lipinski definition) is 6. The fourth-order valence-electron chi connectivity index (χ4n) is 4.57. The zero-order chi connectivity index (χ0) is 20.8. The Morgan fingerprint density at radius 2 is 1.90 bits per heavy atom. The van der Waals surface area contributed by atoms with Gasteiger partial charge in [-0.2, -0.15) is 5.10 Å². The molecule has 4 aromatic rings. The molecule has 0 bridgehead atoms. The number of nitrogens with zero attached hydrogens (tertiary/aromatic N) is 7. The number of H-pyrrole nitrogens is 1. The molecule has 2 aliphatic heterocycles. The molecule has 1 amide bonds. The number of rotatable bonds is 3. The molecule has 1 fully saturated rings. The van der Waals surface area contributed by atoms with E-state index in [1.54, 1.807) is 18.7 Å². The quantitative estimate of drug-likeness (QED) is 0.552. The maximum atomic E-state index is 12.7. The highest BCUT2D eigenvalue weighted by molar-refractivity contribution is 5.93. The maximum Gasteiger partial charge on any atom is 0.256 e. The van der Waals surface area contributed by atoms with Crippen LogP contribution in [-0.2, 0) is 6.42 Å². The van der Waals surface area contributed by atoms with Crippen molar-refractivity contribution in [2.24, 2.45) is 0 Å². The summed E-state index contributed by atoms with van der Waals surface area (Å²) in [4.78, 5) is 33.6. The van der Waals surface area contributed by atoms with Gasteiger partial charge in [0.2, 0.25) is 5.95 Å². The van der Waals surface area contributed by atoms with Crippen LogP contribution >= 0.6 is 0 Å². The van der Waals surface area contributed by atoms with Gasteiger partial charge in [-0.25, -0.2) is 19.5 Å². The van der Waals surface area contributed by atoms with Crippen LogP contribution in [0, 0.1) is 0 Å². The molecule has 0 aliphatic carbocycles. The number of anilines is 1. The molecular formula is C22H22N8O. The first kappa shape index (κ1) is 18.1. The van der Waals surface area contributed by atoms with Gasteiger partial charge in [0.05, 0.1) is 28.8 Å². The molecule has 31 heavy (non-hydrogen) atoms. The van der Waals surface area contributed by atoms with Crippen molar-refractivity contribution in [2.75, 3.05) is 24.5 Å². The number of likely N-dealkylation sites (tertiary alicyclic amines) is 1. The van der Waals surface area contributed by atoms with E-state index in [0.29, 0.717) is 11.5 Å². The summed E-state index contributed by atoms with van der Waals surface area (Å²) in [5.41, 5.74) is 4.50. The summed E-state index contributed by atoms with van der Waals surface area (Å²) in [5.74, 6) is 0.586. The molecule has 6 heterocycles. The van der Waals surface area contributed by atoms with Crippen molar-refractivity contribution >= 4 is 17.4 Å². The first-order chi connectivity index (χ1) is 15.3. The van der Waals surface area contributed by atoms with E-state index in [1.165, 1.54) is 0 Å². The van der Waals surface area contributed by atoms with E-state index < -0.39 is 0 Å². The highest BCUT2D eigenvalue weighted by Crippen LogP contribution is 2.35. The molecule has 9 nitrogen and oxygen atoms in total. The largest absolute Gasteiger partial charge is 0.348 e. The number of fused-ring (bicyclic) bond motifs is 2. The molecule has 6 rings (SSSR count). The Kier molecular flexibility index (Phi) is 4.19. The van der Waals surface area contributed by atoms with E-state index in [9.17, 15) is 4.79 Å². The van der Waals surface area contributed by atoms with Crippen LogP contribution in [0.1, 0.15) is 46.3 Å². The van der Waals surface area contributed by atoms with Gasteiger partial charge in [0.1, 0.15) is 6.04 Å². The van der Waals surface area contributed by atoms with Gasteiger partial charge in [-0.15, -0.1) is 0 Å². The van der Waals surface area contributed by atoms with Gasteiger partial charge >= 0.3 is 0 Å². The third-order valence-corrected chi connectivity index (χ3v) is 6.13. The molecule has 9 heteroatoms. The van der Waals surface area contributed by atoms with Gasteiger partial charge < -0.3 is 14.8 Å². The van der Waals surface area contributed by atoms with Gasteiger partial charge in [-0.3, -0.25) is 4.79 Å². The topological polar surface area (TPSA) is 95.3 Å². The van der Waals surface area contributed by atoms with Crippen LogP contribution < -0.4 is 4.90 Å². The number of aromatic amines is 1. The molecule has 1 atom stereocenters. The van der Waals surface area contributed by atoms with Gasteiger partial charge in [0, 0.05) is 50.3 Å². The van der Waals surface area contributed by atoms with Crippen LogP contribution in [0.15, 0.2) is 49.2 Å². The van der Waals surface area contributed by atoms with Crippen LogP contribution in [0.5, 0.6) is 0 Å². The summed E-state index contributed by atoms with van der Waals surface area (Å²) in [6, 6.07) is 7.87. The summed E-state index contributed by atoms with van der Waals surface area (Å²) in [6.45, 7) is 2.35. The molecule has 156 valence electrons. The molecule has 0 saturated carbocycles. The first-order valence-electron chi connectivity index (χ1n) is 10.6. The predicted octanol–water partition coefficient (Wildman–Crippen LogP) is 2.24. The second-order valence-corrected chi connectivity index (χ2v) is 8.02. The Hall–Kier alpha value is -3.75. The van der Waals surface area contributed by atoms with Crippen molar-refractivity contribution in [1.29, 1.82) is 0 Å². The molecule has 1 N–H and O–H groups in total. The van der Waals surface area contributed by atoms with Crippen LogP contribution in [0.3, 0.4) is 0 Å². The lowest BCUT2D eigenvalue weighted by Crippen LogP contribution is -2.38. The van der Waals surface area contributed by atoms with Crippen LogP contribution in [0.25, 0.3) is 5.52 Å². The Morgan fingerprint density at radius 1 is 1.06 bits per heavy atom. The second kappa shape index (κ2) is 7.19. The Balaban J connectivity index is 1.37. The van der Waals surface area contributed by atoms with E-state index in [0.717, 1.165) is 61.5 Å². The van der Waals surface area contributed by atoms with Gasteiger partial charge in [0.15, 0.2) is 0 Å². The molecule has 4 aromatic heterocycles. The summed E-state index contributed by atoms with van der Waals surface area (Å²) >= 11 is 0. The smallest absolute Gasteiger partial charge is 0.256 e. The van der Waals surface area contributed by atoms with Crippen molar-refractivity contribution in [3.63, 3.8) is 0 Å². The monoisotopic (exact) mass is 414 g/mol. The zero-order valence-corrected chi connectivity index (χ0v) is 17.0. The van der Waals surface area contributed by atoms with E-state index in [1.807, 2.05) is 33.8 Å². The number of carbonyl (C=O) groups is 1. The normalized spacial score (nSPS) is 18.5. The number of nitrogens with one attached hydrogen (secondary N) is 1. The van der Waals surface area contributed by atoms with Crippen molar-refractivity contribution in [3.8, 4) is 0 Å². The average molecular weight is 414 g/mol. The summed E-state index contributed by atoms with van der Waals surface area (Å²) in [6.07, 6.45) is 9.89. The number of aromatic nitrogens is 6. The first-order valence-corrected chi connectivity index (χ1v) is 10.6. The van der Waals surface area contributed by atoms with Gasteiger partial charge in [-0.1, -0.05) is 6.07 Å². The van der Waals surface area contributed by atoms with Crippen molar-refractivity contribution < 1.29 is 4.79 Å². The van der Waals surface area contributed by atoms with Crippen molar-refractivity contribution in [1.82, 2.24) is 34.4 Å². The lowest BCUT2D eigenvalue weighted by atomic mass is 10.0. The van der Waals surface area contributed by atoms with Gasteiger partial charge in [-0.05, 0) is 31.0 Å². The molecule has 0 radical (unpaired) electrons.